The van der Waals surface area contributed by atoms with Crippen LogP contribution in [0.2, 0.25) is 0 Å². The Bertz CT molecular complexity index is 1360. The summed E-state index contributed by atoms with van der Waals surface area (Å²) in [5.74, 6) is 1.11. The third-order valence-corrected chi connectivity index (χ3v) is 8.71. The van der Waals surface area contributed by atoms with E-state index >= 15 is 0 Å². The van der Waals surface area contributed by atoms with Gasteiger partial charge in [-0.15, -0.1) is 0 Å². The van der Waals surface area contributed by atoms with Crippen molar-refractivity contribution in [1.82, 2.24) is 14.8 Å². The third-order valence-electron chi connectivity index (χ3n) is 8.71. The van der Waals surface area contributed by atoms with E-state index in [0.717, 1.165) is 29.6 Å². The fourth-order valence-corrected chi connectivity index (χ4v) is 6.20. The van der Waals surface area contributed by atoms with Crippen LogP contribution < -0.4 is 0 Å². The summed E-state index contributed by atoms with van der Waals surface area (Å²) >= 11 is 0. The van der Waals surface area contributed by atoms with Crippen LogP contribution in [0.3, 0.4) is 0 Å². The van der Waals surface area contributed by atoms with E-state index in [4.69, 9.17) is 9.40 Å². The zero-order valence-electron chi connectivity index (χ0n) is 24.8. The number of aliphatic imine (C=N–C) groups is 2. The number of furan rings is 1. The molecule has 0 unspecified atom stereocenters. The van der Waals surface area contributed by atoms with Gasteiger partial charge in [-0.3, -0.25) is 14.6 Å². The lowest BCUT2D eigenvalue weighted by atomic mass is 9.72. The largest absolute Gasteiger partial charge is 0.449 e. The highest BCUT2D eigenvalue weighted by atomic mass is 16.3. The molecule has 0 spiro atoms. The smallest absolute Gasteiger partial charge is 0.290 e. The molecule has 8 nitrogen and oxygen atoms in total. The first kappa shape index (κ1) is 27.5. The van der Waals surface area contributed by atoms with Crippen LogP contribution >= 0.6 is 0 Å². The number of carbonyl (C=O) groups is 2. The molecule has 2 aliphatic heterocycles. The fraction of sp³-hybridized carbons (Fsp3) is 0.645. The molecule has 0 bridgehead atoms. The summed E-state index contributed by atoms with van der Waals surface area (Å²) in [6.07, 6.45) is 4.66. The van der Waals surface area contributed by atoms with Gasteiger partial charge >= 0.3 is 0 Å². The van der Waals surface area contributed by atoms with Crippen molar-refractivity contribution in [1.29, 1.82) is 0 Å². The number of hydrogen-bond donors (Lipinski definition) is 0. The van der Waals surface area contributed by atoms with Gasteiger partial charge < -0.3 is 14.2 Å². The van der Waals surface area contributed by atoms with E-state index in [-0.39, 0.29) is 17.2 Å². The predicted octanol–water partition coefficient (Wildman–Crippen LogP) is 5.75. The maximum Gasteiger partial charge on any atom is 0.290 e. The summed E-state index contributed by atoms with van der Waals surface area (Å²) in [4.78, 5) is 44.0. The molecule has 0 atom stereocenters. The number of rotatable bonds is 3. The van der Waals surface area contributed by atoms with Crippen molar-refractivity contribution in [2.24, 2.45) is 15.4 Å². The Morgan fingerprint density at radius 2 is 1.72 bits per heavy atom. The van der Waals surface area contributed by atoms with Crippen molar-refractivity contribution in [2.45, 2.75) is 97.9 Å². The molecule has 4 heterocycles. The quantitative estimate of drug-likeness (QED) is 0.503. The first-order valence-corrected chi connectivity index (χ1v) is 14.3. The van der Waals surface area contributed by atoms with E-state index in [1.54, 1.807) is 11.8 Å². The van der Waals surface area contributed by atoms with E-state index in [2.05, 4.69) is 50.7 Å². The van der Waals surface area contributed by atoms with Crippen LogP contribution in [0.25, 0.3) is 11.1 Å². The van der Waals surface area contributed by atoms with Crippen molar-refractivity contribution in [2.75, 3.05) is 26.2 Å². The van der Waals surface area contributed by atoms with Gasteiger partial charge in [0, 0.05) is 42.9 Å². The van der Waals surface area contributed by atoms with E-state index in [1.807, 2.05) is 24.8 Å². The minimum atomic E-state index is -0.570. The molecule has 210 valence electrons. The van der Waals surface area contributed by atoms with Crippen LogP contribution in [-0.4, -0.2) is 69.9 Å². The minimum absolute atomic E-state index is 0.0999. The van der Waals surface area contributed by atoms with Crippen LogP contribution in [0.1, 0.15) is 109 Å². The van der Waals surface area contributed by atoms with Crippen LogP contribution in [0.15, 0.2) is 26.5 Å². The van der Waals surface area contributed by atoms with E-state index in [9.17, 15) is 9.59 Å². The SMILES string of the molecule is CC1=NCC(C(=O)N2CCN(C(=O)c3cc4nc(C5CCC(C)(C)CC5)cc(C(C)(C)C)c4o3)C(C)(C)C2)=N1. The number of amidine groups is 1. The standard InChI is InChI=1S/C31H43N5O3/c1-19-32-17-24(33-19)27(37)35-13-14-36(31(7,8)18-35)28(38)25-16-23-26(39-25)21(29(2,3)4)15-22(34-23)20-9-11-30(5,6)12-10-20/h15-16,20H,9-14,17-18H2,1-8H3. The van der Waals surface area contributed by atoms with Crippen LogP contribution in [0.5, 0.6) is 0 Å². The number of piperazine rings is 1. The Labute approximate surface area is 232 Å². The Hall–Kier alpha value is -3.03. The second-order valence-corrected chi connectivity index (χ2v) is 14.0. The molecule has 2 aromatic heterocycles. The van der Waals surface area contributed by atoms with Gasteiger partial charge in [0.05, 0.1) is 12.1 Å². The molecule has 2 amide bonds. The van der Waals surface area contributed by atoms with Crippen molar-refractivity contribution in [3.8, 4) is 0 Å². The molecule has 2 aromatic rings. The maximum atomic E-state index is 13.8. The van der Waals surface area contributed by atoms with Crippen molar-refractivity contribution in [3.63, 3.8) is 0 Å². The first-order valence-electron chi connectivity index (χ1n) is 14.3. The summed E-state index contributed by atoms with van der Waals surface area (Å²) in [6.45, 7) is 18.6. The Morgan fingerprint density at radius 1 is 1.03 bits per heavy atom. The van der Waals surface area contributed by atoms with E-state index < -0.39 is 5.54 Å². The highest BCUT2D eigenvalue weighted by Gasteiger charge is 2.41. The zero-order chi connectivity index (χ0) is 28.3. The molecule has 3 aliphatic rings. The second-order valence-electron chi connectivity index (χ2n) is 14.0. The van der Waals surface area contributed by atoms with E-state index in [0.29, 0.717) is 60.4 Å². The monoisotopic (exact) mass is 533 g/mol. The van der Waals surface area contributed by atoms with Crippen molar-refractivity contribution in [3.05, 3.63) is 29.2 Å². The third kappa shape index (κ3) is 5.39. The average Bonchev–Trinajstić information content (AvgIpc) is 3.47. The van der Waals surface area contributed by atoms with Gasteiger partial charge in [0.2, 0.25) is 0 Å². The summed E-state index contributed by atoms with van der Waals surface area (Å²) < 4.78 is 6.31. The molecule has 0 radical (unpaired) electrons. The molecule has 0 N–H and O–H groups in total. The highest BCUT2D eigenvalue weighted by molar-refractivity contribution is 6.42. The molecule has 8 heteroatoms. The number of pyridine rings is 1. The fourth-order valence-electron chi connectivity index (χ4n) is 6.20. The number of carbonyl (C=O) groups excluding carboxylic acids is 2. The van der Waals surface area contributed by atoms with Crippen LogP contribution in [-0.2, 0) is 10.2 Å². The molecular weight excluding hydrogens is 490 g/mol. The first-order chi connectivity index (χ1) is 18.1. The molecule has 1 aliphatic carbocycles. The van der Waals surface area contributed by atoms with E-state index in [1.165, 1.54) is 12.8 Å². The molecule has 39 heavy (non-hydrogen) atoms. The lowest BCUT2D eigenvalue weighted by Gasteiger charge is -2.46. The van der Waals surface area contributed by atoms with Gasteiger partial charge in [-0.25, -0.2) is 9.98 Å². The number of nitrogens with zero attached hydrogens (tertiary/aromatic N) is 5. The number of hydrogen-bond acceptors (Lipinski definition) is 6. The normalized spacial score (nSPS) is 21.7. The van der Waals surface area contributed by atoms with Gasteiger partial charge in [-0.05, 0) is 63.4 Å². The van der Waals surface area contributed by atoms with Gasteiger partial charge in [0.15, 0.2) is 11.3 Å². The van der Waals surface area contributed by atoms with Gasteiger partial charge in [-0.1, -0.05) is 34.6 Å². The maximum absolute atomic E-state index is 13.8. The Morgan fingerprint density at radius 3 is 2.31 bits per heavy atom. The zero-order valence-corrected chi connectivity index (χ0v) is 24.8. The molecule has 1 saturated heterocycles. The summed E-state index contributed by atoms with van der Waals surface area (Å²) in [6, 6.07) is 4.04. The van der Waals surface area contributed by atoms with Crippen molar-refractivity contribution >= 4 is 34.5 Å². The minimum Gasteiger partial charge on any atom is -0.449 e. The van der Waals surface area contributed by atoms with Crippen LogP contribution in [0, 0.1) is 5.41 Å². The summed E-state index contributed by atoms with van der Waals surface area (Å²) in [5, 5.41) is 0. The lowest BCUT2D eigenvalue weighted by molar-refractivity contribution is -0.128. The predicted molar refractivity (Wildman–Crippen MR) is 155 cm³/mol. The van der Waals surface area contributed by atoms with Gasteiger partial charge in [0.25, 0.3) is 11.8 Å². The second kappa shape index (κ2) is 9.56. The summed E-state index contributed by atoms with van der Waals surface area (Å²) in [7, 11) is 0. The average molecular weight is 534 g/mol. The van der Waals surface area contributed by atoms with Gasteiger partial charge in [0.1, 0.15) is 17.1 Å². The lowest BCUT2D eigenvalue weighted by Crippen LogP contribution is -2.62. The van der Waals surface area contributed by atoms with Gasteiger partial charge in [-0.2, -0.15) is 0 Å². The molecule has 5 rings (SSSR count). The number of aromatic nitrogens is 1. The molecular formula is C31H43N5O3. The number of fused-ring (bicyclic) bond motifs is 1. The topological polar surface area (TPSA) is 91.4 Å². The highest BCUT2D eigenvalue weighted by Crippen LogP contribution is 2.43. The van der Waals surface area contributed by atoms with Crippen LogP contribution in [0.4, 0.5) is 0 Å². The summed E-state index contributed by atoms with van der Waals surface area (Å²) in [5.41, 5.74) is 3.80. The van der Waals surface area contributed by atoms with Crippen molar-refractivity contribution < 1.29 is 14.0 Å². The molecule has 2 fully saturated rings. The Kier molecular flexibility index (Phi) is 6.75. The Balaban J connectivity index is 1.40. The molecule has 0 aromatic carbocycles. The number of amides is 2. The molecule has 1 saturated carbocycles.